The van der Waals surface area contributed by atoms with Gasteiger partial charge >= 0.3 is 0 Å². The first-order valence-electron chi connectivity index (χ1n) is 9.55. The van der Waals surface area contributed by atoms with Gasteiger partial charge in [-0.25, -0.2) is 8.42 Å². The van der Waals surface area contributed by atoms with E-state index in [1.165, 1.54) is 12.1 Å². The third-order valence-electron chi connectivity index (χ3n) is 4.38. The first-order valence-corrected chi connectivity index (χ1v) is 11.4. The maximum Gasteiger partial charge on any atom is 0.255 e. The minimum Gasteiger partial charge on any atom is -0.322 e. The first kappa shape index (κ1) is 22.4. The number of benzene rings is 2. The lowest BCUT2D eigenvalue weighted by molar-refractivity contribution is 0.102. The van der Waals surface area contributed by atoms with Crippen molar-refractivity contribution in [3.63, 3.8) is 0 Å². The van der Waals surface area contributed by atoms with Gasteiger partial charge < -0.3 is 5.32 Å². The molecule has 2 rings (SSSR count). The Morgan fingerprint density at radius 3 is 1.96 bits per heavy atom. The number of unbranched alkanes of at least 4 members (excludes halogenated alkanes) is 2. The Bertz CT molecular complexity index is 858. The van der Waals surface area contributed by atoms with E-state index in [1.807, 2.05) is 13.8 Å². The molecule has 1 amide bonds. The molecule has 0 aliphatic carbocycles. The Morgan fingerprint density at radius 1 is 0.929 bits per heavy atom. The Labute approximate surface area is 172 Å². The van der Waals surface area contributed by atoms with Crippen LogP contribution in [0, 0.1) is 0 Å². The molecular weight excluding hydrogens is 396 g/mol. The molecule has 0 unspecified atom stereocenters. The van der Waals surface area contributed by atoms with Gasteiger partial charge in [-0.3, -0.25) is 4.79 Å². The molecule has 0 radical (unpaired) electrons. The normalized spacial score (nSPS) is 11.6. The number of carbonyl (C=O) groups excluding carboxylic acids is 1. The van der Waals surface area contributed by atoms with Crippen molar-refractivity contribution in [2.24, 2.45) is 0 Å². The molecule has 28 heavy (non-hydrogen) atoms. The molecule has 2 aromatic rings. The zero-order valence-electron chi connectivity index (χ0n) is 16.3. The average Bonchev–Trinajstić information content (AvgIpc) is 2.68. The van der Waals surface area contributed by atoms with Gasteiger partial charge in [-0.05, 0) is 61.4 Å². The fourth-order valence-electron chi connectivity index (χ4n) is 2.68. The van der Waals surface area contributed by atoms with Gasteiger partial charge in [-0.2, -0.15) is 4.31 Å². The third kappa shape index (κ3) is 6.06. The third-order valence-corrected chi connectivity index (χ3v) is 6.54. The summed E-state index contributed by atoms with van der Waals surface area (Å²) in [7, 11) is -3.54. The van der Waals surface area contributed by atoms with Crippen molar-refractivity contribution in [2.45, 2.75) is 44.4 Å². The molecule has 0 saturated carbocycles. The quantitative estimate of drug-likeness (QED) is 0.573. The van der Waals surface area contributed by atoms with Gasteiger partial charge in [-0.15, -0.1) is 0 Å². The van der Waals surface area contributed by atoms with E-state index in [1.54, 1.807) is 40.7 Å². The number of rotatable bonds is 10. The van der Waals surface area contributed by atoms with Crippen molar-refractivity contribution in [1.82, 2.24) is 4.31 Å². The summed E-state index contributed by atoms with van der Waals surface area (Å²) < 4.78 is 27.5. The van der Waals surface area contributed by atoms with Crippen molar-refractivity contribution in [3.05, 3.63) is 59.1 Å². The predicted octanol–water partition coefficient (Wildman–Crippen LogP) is 5.18. The maximum atomic E-state index is 13.0. The molecule has 2 aromatic carbocycles. The molecular formula is C21H27ClN2O3S. The van der Waals surface area contributed by atoms with Crippen LogP contribution in [0.5, 0.6) is 0 Å². The van der Waals surface area contributed by atoms with Gasteiger partial charge in [0.25, 0.3) is 5.91 Å². The van der Waals surface area contributed by atoms with Crippen LogP contribution in [0.15, 0.2) is 53.4 Å². The molecule has 7 heteroatoms. The van der Waals surface area contributed by atoms with Crippen molar-refractivity contribution in [1.29, 1.82) is 0 Å². The molecule has 0 saturated heterocycles. The largest absolute Gasteiger partial charge is 0.322 e. The van der Waals surface area contributed by atoms with Crippen LogP contribution in [0.4, 0.5) is 5.69 Å². The van der Waals surface area contributed by atoms with E-state index in [-0.39, 0.29) is 10.8 Å². The molecule has 0 atom stereocenters. The number of nitrogens with zero attached hydrogens (tertiary/aromatic N) is 1. The molecule has 0 bridgehead atoms. The number of amides is 1. The number of nitrogens with one attached hydrogen (secondary N) is 1. The Hall–Kier alpha value is -1.89. The molecule has 5 nitrogen and oxygen atoms in total. The van der Waals surface area contributed by atoms with Gasteiger partial charge in [0.1, 0.15) is 0 Å². The number of hydrogen-bond acceptors (Lipinski definition) is 3. The highest BCUT2D eigenvalue weighted by Crippen LogP contribution is 2.20. The highest BCUT2D eigenvalue weighted by atomic mass is 35.5. The molecule has 152 valence electrons. The highest BCUT2D eigenvalue weighted by Gasteiger charge is 2.23. The van der Waals surface area contributed by atoms with Crippen LogP contribution in [0.2, 0.25) is 5.02 Å². The summed E-state index contributed by atoms with van der Waals surface area (Å²) in [5.41, 5.74) is 1.01. The minimum absolute atomic E-state index is 0.240. The van der Waals surface area contributed by atoms with Gasteiger partial charge in [-0.1, -0.05) is 38.3 Å². The summed E-state index contributed by atoms with van der Waals surface area (Å²) in [6, 6.07) is 12.9. The van der Waals surface area contributed by atoms with Crippen molar-refractivity contribution in [3.8, 4) is 0 Å². The van der Waals surface area contributed by atoms with E-state index in [2.05, 4.69) is 5.32 Å². The number of halogens is 1. The van der Waals surface area contributed by atoms with Crippen LogP contribution in [-0.2, 0) is 10.0 Å². The van der Waals surface area contributed by atoms with E-state index in [9.17, 15) is 13.2 Å². The fourth-order valence-corrected chi connectivity index (χ4v) is 4.33. The van der Waals surface area contributed by atoms with Gasteiger partial charge in [0, 0.05) is 29.4 Å². The van der Waals surface area contributed by atoms with E-state index in [4.69, 9.17) is 11.6 Å². The van der Waals surface area contributed by atoms with Crippen LogP contribution in [0.25, 0.3) is 0 Å². The molecule has 0 aliphatic rings. The van der Waals surface area contributed by atoms with Crippen molar-refractivity contribution >= 4 is 33.2 Å². The van der Waals surface area contributed by atoms with Gasteiger partial charge in [0.15, 0.2) is 0 Å². The molecule has 1 N–H and O–H groups in total. The number of anilines is 1. The molecule has 0 aromatic heterocycles. The second kappa shape index (κ2) is 10.6. The topological polar surface area (TPSA) is 66.5 Å². The monoisotopic (exact) mass is 422 g/mol. The van der Waals surface area contributed by atoms with Gasteiger partial charge in [0.05, 0.1) is 4.90 Å². The zero-order valence-corrected chi connectivity index (χ0v) is 17.9. The number of sulfonamides is 1. The summed E-state index contributed by atoms with van der Waals surface area (Å²) in [6.45, 7) is 5.13. The fraction of sp³-hybridized carbons (Fsp3) is 0.381. The highest BCUT2D eigenvalue weighted by molar-refractivity contribution is 7.89. The van der Waals surface area contributed by atoms with E-state index in [0.717, 1.165) is 25.7 Å². The lowest BCUT2D eigenvalue weighted by Crippen LogP contribution is -2.33. The molecule has 0 heterocycles. The summed E-state index contributed by atoms with van der Waals surface area (Å²) in [4.78, 5) is 12.5. The maximum absolute atomic E-state index is 13.0. The summed E-state index contributed by atoms with van der Waals surface area (Å²) in [5, 5.41) is 3.32. The molecule has 0 spiro atoms. The Morgan fingerprint density at radius 2 is 1.46 bits per heavy atom. The smallest absolute Gasteiger partial charge is 0.255 e. The molecule has 0 aliphatic heterocycles. The minimum atomic E-state index is -3.54. The Kier molecular flexibility index (Phi) is 8.48. The van der Waals surface area contributed by atoms with Crippen molar-refractivity contribution < 1.29 is 13.2 Å². The van der Waals surface area contributed by atoms with Crippen molar-refractivity contribution in [2.75, 3.05) is 18.4 Å². The average molecular weight is 423 g/mol. The summed E-state index contributed by atoms with van der Waals surface area (Å²) >= 11 is 5.83. The van der Waals surface area contributed by atoms with Crippen LogP contribution < -0.4 is 5.32 Å². The zero-order chi connectivity index (χ0) is 20.6. The number of hydrogen-bond donors (Lipinski definition) is 1. The first-order chi connectivity index (χ1) is 13.4. The predicted molar refractivity (Wildman–Crippen MR) is 114 cm³/mol. The Balaban J connectivity index is 2.12. The number of carbonyl (C=O) groups is 1. The standard InChI is InChI=1S/C21H27ClN2O3S/c1-3-5-15-24(16-6-4-2)28(26,27)20-13-11-19(12-14-20)23-21(25)17-7-9-18(22)10-8-17/h7-14H,3-6,15-16H2,1-2H3,(H,23,25). The molecule has 0 fully saturated rings. The lowest BCUT2D eigenvalue weighted by Gasteiger charge is -2.22. The van der Waals surface area contributed by atoms with E-state index < -0.39 is 10.0 Å². The van der Waals surface area contributed by atoms with Crippen LogP contribution in [0.1, 0.15) is 49.9 Å². The second-order valence-electron chi connectivity index (χ2n) is 6.60. The second-order valence-corrected chi connectivity index (χ2v) is 8.97. The van der Waals surface area contributed by atoms with Crippen LogP contribution >= 0.6 is 11.6 Å². The van der Waals surface area contributed by atoms with E-state index >= 15 is 0 Å². The van der Waals surface area contributed by atoms with E-state index in [0.29, 0.717) is 29.4 Å². The summed E-state index contributed by atoms with van der Waals surface area (Å²) in [5.74, 6) is -0.278. The SMILES string of the molecule is CCCCN(CCCC)S(=O)(=O)c1ccc(NC(=O)c2ccc(Cl)cc2)cc1. The van der Waals surface area contributed by atoms with Crippen LogP contribution in [0.3, 0.4) is 0 Å². The van der Waals surface area contributed by atoms with Crippen LogP contribution in [-0.4, -0.2) is 31.7 Å². The van der Waals surface area contributed by atoms with Gasteiger partial charge in [0.2, 0.25) is 10.0 Å². The lowest BCUT2D eigenvalue weighted by atomic mass is 10.2. The summed E-state index contributed by atoms with van der Waals surface area (Å²) in [6.07, 6.45) is 3.54.